The number of nitrogens with one attached hydrogen (secondary N) is 1. The van der Waals surface area contributed by atoms with Crippen molar-refractivity contribution in [3.63, 3.8) is 0 Å². The standard InChI is InChI=1S/C25H23N9/c1-32-10-6-16-4-5-17(12-22(16)32)19-13-18(14-21-24(19)27-9-8-26-21)29-25(20-7-11-33(2)30-20)23-15-28-31-34(23)3/h4-15,25,29H,1-3H3/t25-/m1/s1. The molecule has 34 heavy (non-hydrogen) atoms. The minimum absolute atomic E-state index is 0.237. The maximum absolute atomic E-state index is 4.66. The van der Waals surface area contributed by atoms with Gasteiger partial charge in [0.2, 0.25) is 0 Å². The summed E-state index contributed by atoms with van der Waals surface area (Å²) in [7, 11) is 5.85. The zero-order chi connectivity index (χ0) is 23.2. The lowest BCUT2D eigenvalue weighted by molar-refractivity contribution is 0.648. The first-order valence-electron chi connectivity index (χ1n) is 11.0. The normalized spacial score (nSPS) is 12.4. The number of hydrogen-bond donors (Lipinski definition) is 1. The molecule has 1 N–H and O–H groups in total. The molecule has 0 aliphatic carbocycles. The number of nitrogens with zero attached hydrogens (tertiary/aromatic N) is 8. The van der Waals surface area contributed by atoms with Gasteiger partial charge in [0.25, 0.3) is 0 Å². The molecule has 168 valence electrons. The smallest absolute Gasteiger partial charge is 0.114 e. The van der Waals surface area contributed by atoms with Crippen molar-refractivity contribution >= 4 is 27.6 Å². The molecule has 0 saturated heterocycles. The summed E-state index contributed by atoms with van der Waals surface area (Å²) in [6.07, 6.45) is 9.22. The van der Waals surface area contributed by atoms with Crippen molar-refractivity contribution in [1.29, 1.82) is 0 Å². The maximum Gasteiger partial charge on any atom is 0.114 e. The van der Waals surface area contributed by atoms with E-state index in [1.165, 1.54) is 10.9 Å². The summed E-state index contributed by atoms with van der Waals surface area (Å²) in [5.74, 6) is 0. The third-order valence-corrected chi connectivity index (χ3v) is 6.16. The molecule has 0 fully saturated rings. The van der Waals surface area contributed by atoms with Gasteiger partial charge in [0, 0.05) is 62.7 Å². The predicted molar refractivity (Wildman–Crippen MR) is 131 cm³/mol. The zero-order valence-corrected chi connectivity index (χ0v) is 19.1. The van der Waals surface area contributed by atoms with Gasteiger partial charge in [0.05, 0.1) is 28.6 Å². The van der Waals surface area contributed by atoms with Gasteiger partial charge in [-0.25, -0.2) is 4.68 Å². The molecule has 0 radical (unpaired) electrons. The Morgan fingerprint density at radius 3 is 2.59 bits per heavy atom. The van der Waals surface area contributed by atoms with Crippen molar-refractivity contribution in [1.82, 2.24) is 39.3 Å². The minimum Gasteiger partial charge on any atom is -0.371 e. The highest BCUT2D eigenvalue weighted by atomic mass is 15.4. The van der Waals surface area contributed by atoms with E-state index in [-0.39, 0.29) is 6.04 Å². The Morgan fingerprint density at radius 2 is 1.79 bits per heavy atom. The summed E-state index contributed by atoms with van der Waals surface area (Å²) < 4.78 is 5.68. The van der Waals surface area contributed by atoms with Crippen molar-refractivity contribution in [2.45, 2.75) is 6.04 Å². The highest BCUT2D eigenvalue weighted by molar-refractivity contribution is 5.97. The molecular weight excluding hydrogens is 426 g/mol. The van der Waals surface area contributed by atoms with E-state index in [9.17, 15) is 0 Å². The number of rotatable bonds is 5. The van der Waals surface area contributed by atoms with Crippen molar-refractivity contribution < 1.29 is 0 Å². The van der Waals surface area contributed by atoms with Gasteiger partial charge in [-0.2, -0.15) is 5.10 Å². The van der Waals surface area contributed by atoms with E-state index in [4.69, 9.17) is 0 Å². The van der Waals surface area contributed by atoms with E-state index in [2.05, 4.69) is 78.8 Å². The minimum atomic E-state index is -0.237. The number of fused-ring (bicyclic) bond motifs is 2. The summed E-state index contributed by atoms with van der Waals surface area (Å²) in [5.41, 5.74) is 7.63. The second kappa shape index (κ2) is 7.80. The second-order valence-electron chi connectivity index (χ2n) is 8.42. The summed E-state index contributed by atoms with van der Waals surface area (Å²) in [4.78, 5) is 9.26. The lowest BCUT2D eigenvalue weighted by Crippen LogP contribution is -2.17. The molecule has 9 heteroatoms. The van der Waals surface area contributed by atoms with Crippen molar-refractivity contribution in [2.24, 2.45) is 21.1 Å². The Kier molecular flexibility index (Phi) is 4.61. The fourth-order valence-electron chi connectivity index (χ4n) is 4.42. The first-order chi connectivity index (χ1) is 16.6. The van der Waals surface area contributed by atoms with Crippen LogP contribution < -0.4 is 5.32 Å². The molecule has 6 rings (SSSR count). The molecule has 0 aliphatic heterocycles. The van der Waals surface area contributed by atoms with Crippen LogP contribution in [0.1, 0.15) is 17.4 Å². The number of aryl methyl sites for hydroxylation is 3. The van der Waals surface area contributed by atoms with E-state index in [0.29, 0.717) is 0 Å². The number of anilines is 1. The van der Waals surface area contributed by atoms with Crippen LogP contribution in [0.15, 0.2) is 73.4 Å². The van der Waals surface area contributed by atoms with Crippen LogP contribution in [0.5, 0.6) is 0 Å². The van der Waals surface area contributed by atoms with Gasteiger partial charge in [-0.05, 0) is 41.3 Å². The van der Waals surface area contributed by atoms with Gasteiger partial charge in [0.15, 0.2) is 0 Å². The molecule has 0 bridgehead atoms. The van der Waals surface area contributed by atoms with Crippen molar-refractivity contribution in [2.75, 3.05) is 5.32 Å². The van der Waals surface area contributed by atoms with Crippen LogP contribution in [0.3, 0.4) is 0 Å². The van der Waals surface area contributed by atoms with Gasteiger partial charge in [0.1, 0.15) is 6.04 Å². The molecule has 4 heterocycles. The monoisotopic (exact) mass is 449 g/mol. The Labute approximate surface area is 195 Å². The molecule has 1 atom stereocenters. The van der Waals surface area contributed by atoms with Crippen LogP contribution in [-0.2, 0) is 21.1 Å². The molecule has 4 aromatic heterocycles. The largest absolute Gasteiger partial charge is 0.371 e. The number of benzene rings is 2. The van der Waals surface area contributed by atoms with Gasteiger partial charge in [-0.1, -0.05) is 17.3 Å². The van der Waals surface area contributed by atoms with E-state index in [0.717, 1.165) is 39.2 Å². The van der Waals surface area contributed by atoms with Crippen LogP contribution >= 0.6 is 0 Å². The molecule has 9 nitrogen and oxygen atoms in total. The molecule has 0 amide bonds. The highest BCUT2D eigenvalue weighted by Gasteiger charge is 2.22. The summed E-state index contributed by atoms with van der Waals surface area (Å²) >= 11 is 0. The molecule has 6 aromatic rings. The molecule has 0 unspecified atom stereocenters. The lowest BCUT2D eigenvalue weighted by atomic mass is 10.0. The first kappa shape index (κ1) is 20.1. The predicted octanol–water partition coefficient (Wildman–Crippen LogP) is 3.85. The van der Waals surface area contributed by atoms with Crippen molar-refractivity contribution in [3.05, 3.63) is 84.8 Å². The van der Waals surface area contributed by atoms with E-state index >= 15 is 0 Å². The fraction of sp³-hybridized carbons (Fsp3) is 0.160. The van der Waals surface area contributed by atoms with E-state index in [1.54, 1.807) is 28.0 Å². The van der Waals surface area contributed by atoms with Crippen LogP contribution in [0.4, 0.5) is 5.69 Å². The van der Waals surface area contributed by atoms with Gasteiger partial charge >= 0.3 is 0 Å². The quantitative estimate of drug-likeness (QED) is 0.430. The summed E-state index contributed by atoms with van der Waals surface area (Å²) in [6.45, 7) is 0. The Hall–Kier alpha value is -4.53. The summed E-state index contributed by atoms with van der Waals surface area (Å²) in [5, 5.41) is 17.7. The fourth-order valence-corrected chi connectivity index (χ4v) is 4.42. The SMILES string of the molecule is Cn1ccc([C@@H](Nc2cc(-c3ccc4ccn(C)c4c3)c3nccnc3c2)c2cnnn2C)n1. The molecule has 0 spiro atoms. The number of aromatic nitrogens is 8. The second-order valence-corrected chi connectivity index (χ2v) is 8.42. The van der Waals surface area contributed by atoms with Crippen molar-refractivity contribution in [3.8, 4) is 11.1 Å². The van der Waals surface area contributed by atoms with Crippen LogP contribution in [0, 0.1) is 0 Å². The Morgan fingerprint density at radius 1 is 0.912 bits per heavy atom. The van der Waals surface area contributed by atoms with Crippen LogP contribution in [0.2, 0.25) is 0 Å². The molecule has 0 aliphatic rings. The lowest BCUT2D eigenvalue weighted by Gasteiger charge is -2.19. The number of hydrogen-bond acceptors (Lipinski definition) is 6. The van der Waals surface area contributed by atoms with Gasteiger partial charge < -0.3 is 9.88 Å². The van der Waals surface area contributed by atoms with Gasteiger partial charge in [-0.15, -0.1) is 5.10 Å². The van der Waals surface area contributed by atoms with E-state index < -0.39 is 0 Å². The molecular formula is C25H23N9. The summed E-state index contributed by atoms with van der Waals surface area (Å²) in [6, 6.07) is 14.5. The average Bonchev–Trinajstić information content (AvgIpc) is 3.57. The highest BCUT2D eigenvalue weighted by Crippen LogP contribution is 2.34. The first-order valence-corrected chi connectivity index (χ1v) is 11.0. The Balaban J connectivity index is 1.50. The average molecular weight is 450 g/mol. The van der Waals surface area contributed by atoms with Crippen LogP contribution in [0.25, 0.3) is 33.1 Å². The van der Waals surface area contributed by atoms with Gasteiger partial charge in [-0.3, -0.25) is 14.6 Å². The van der Waals surface area contributed by atoms with E-state index in [1.807, 2.05) is 32.4 Å². The van der Waals surface area contributed by atoms with Crippen LogP contribution in [-0.4, -0.2) is 39.3 Å². The molecule has 0 saturated carbocycles. The zero-order valence-electron chi connectivity index (χ0n) is 19.1. The third-order valence-electron chi connectivity index (χ3n) is 6.16. The maximum atomic E-state index is 4.66. The topological polar surface area (TPSA) is 91.3 Å². The Bertz CT molecular complexity index is 1640. The third kappa shape index (κ3) is 3.38. The molecule has 2 aromatic carbocycles.